The fraction of sp³-hybridized carbons (Fsp3) is 0.103. The largest absolute Gasteiger partial charge is 0.497 e. The van der Waals surface area contributed by atoms with Crippen molar-refractivity contribution >= 4 is 34.2 Å². The summed E-state index contributed by atoms with van der Waals surface area (Å²) in [5.74, 6) is 0.402. The summed E-state index contributed by atoms with van der Waals surface area (Å²) in [7, 11) is 1.58. The second-order valence-corrected chi connectivity index (χ2v) is 8.96. The summed E-state index contributed by atoms with van der Waals surface area (Å²) in [6, 6.07) is 22.3. The Kier molecular flexibility index (Phi) is 6.70. The monoisotopic (exact) mass is 510 g/mol. The minimum atomic E-state index is -0.331. The molecule has 0 aliphatic carbocycles. The van der Waals surface area contributed by atoms with E-state index in [1.54, 1.807) is 31.4 Å². The fourth-order valence-corrected chi connectivity index (χ4v) is 4.43. The Balaban J connectivity index is 1.56. The Bertz CT molecular complexity index is 1650. The number of aryl methyl sites for hydroxylation is 1. The first kappa shape index (κ1) is 24.2. The molecule has 37 heavy (non-hydrogen) atoms. The van der Waals surface area contributed by atoms with E-state index in [0.29, 0.717) is 27.6 Å². The van der Waals surface area contributed by atoms with Gasteiger partial charge in [0.25, 0.3) is 0 Å². The van der Waals surface area contributed by atoms with Gasteiger partial charge in [-0.1, -0.05) is 54.1 Å². The zero-order valence-corrected chi connectivity index (χ0v) is 21.0. The number of nitrogens with one attached hydrogen (secondary N) is 2. The first-order valence-corrected chi connectivity index (χ1v) is 12.0. The van der Waals surface area contributed by atoms with E-state index in [1.807, 2.05) is 55.5 Å². The molecule has 2 N–H and O–H groups in total. The topological polar surface area (TPSA) is 97.0 Å². The van der Waals surface area contributed by atoms with Gasteiger partial charge in [-0.2, -0.15) is 0 Å². The number of ether oxygens (including phenoxy) is 1. The number of pyridine rings is 3. The van der Waals surface area contributed by atoms with E-state index in [-0.39, 0.29) is 23.4 Å². The molecule has 0 aliphatic heterocycles. The molecule has 0 bridgehead atoms. The van der Waals surface area contributed by atoms with Gasteiger partial charge < -0.3 is 15.0 Å². The highest BCUT2D eigenvalue weighted by atomic mass is 35.5. The third-order valence-electron chi connectivity index (χ3n) is 5.94. The molecule has 0 aliphatic rings. The molecule has 1 amide bonds. The molecule has 2 aromatic carbocycles. The number of halogens is 1. The van der Waals surface area contributed by atoms with Crippen LogP contribution in [0, 0.1) is 6.92 Å². The maximum absolute atomic E-state index is 13.4. The number of rotatable bonds is 6. The third kappa shape index (κ3) is 5.22. The number of hydrogen-bond acceptors (Lipinski definition) is 5. The number of aromatic amines is 1. The Morgan fingerprint density at radius 1 is 1.00 bits per heavy atom. The second kappa shape index (κ2) is 10.2. The molecular formula is C29H23ClN4O3. The molecule has 0 fully saturated rings. The van der Waals surface area contributed by atoms with Crippen molar-refractivity contribution in [1.82, 2.24) is 15.0 Å². The summed E-state index contributed by atoms with van der Waals surface area (Å²) < 4.78 is 5.15. The van der Waals surface area contributed by atoms with E-state index in [9.17, 15) is 9.59 Å². The first-order valence-electron chi connectivity index (χ1n) is 11.6. The van der Waals surface area contributed by atoms with Crippen molar-refractivity contribution in [3.63, 3.8) is 0 Å². The summed E-state index contributed by atoms with van der Waals surface area (Å²) in [6.45, 7) is 1.86. The predicted octanol–water partition coefficient (Wildman–Crippen LogP) is 5.80. The standard InChI is InChI=1S/C29H23ClN4O3/c1-17-12-20(14-25(30)32-17)22-15-23-28(36)24(33-26(35)13-18-8-10-21(37-2)11-9-18)16-31-29(23)34-27(22)19-6-4-3-5-7-19/h3-12,14-16H,13H2,1-2H3,(H,33,35)(H,31,34,36). The number of carbonyl (C=O) groups excluding carboxylic acids is 1. The number of amides is 1. The van der Waals surface area contributed by atoms with Crippen LogP contribution in [0.5, 0.6) is 5.75 Å². The normalized spacial score (nSPS) is 10.9. The van der Waals surface area contributed by atoms with Crippen LogP contribution in [0.15, 0.2) is 83.8 Å². The Morgan fingerprint density at radius 2 is 1.76 bits per heavy atom. The first-order chi connectivity index (χ1) is 17.9. The number of anilines is 1. The van der Waals surface area contributed by atoms with Gasteiger partial charge in [-0.15, -0.1) is 0 Å². The van der Waals surface area contributed by atoms with Crippen molar-refractivity contribution < 1.29 is 9.53 Å². The van der Waals surface area contributed by atoms with Crippen LogP contribution in [0.25, 0.3) is 33.4 Å². The molecule has 0 spiro atoms. The number of hydrogen-bond donors (Lipinski definition) is 2. The van der Waals surface area contributed by atoms with Gasteiger partial charge in [0, 0.05) is 23.0 Å². The number of H-pyrrole nitrogens is 1. The lowest BCUT2D eigenvalue weighted by Gasteiger charge is -2.13. The minimum Gasteiger partial charge on any atom is -0.497 e. The zero-order valence-electron chi connectivity index (χ0n) is 20.2. The molecule has 0 atom stereocenters. The molecule has 7 nitrogen and oxygen atoms in total. The summed E-state index contributed by atoms with van der Waals surface area (Å²) in [6.07, 6.45) is 1.60. The van der Waals surface area contributed by atoms with Crippen LogP contribution in [0.3, 0.4) is 0 Å². The summed E-state index contributed by atoms with van der Waals surface area (Å²) >= 11 is 6.26. The maximum atomic E-state index is 13.4. The lowest BCUT2D eigenvalue weighted by Crippen LogP contribution is -2.20. The average molecular weight is 511 g/mol. The number of nitrogens with zero attached hydrogens (tertiary/aromatic N) is 2. The number of methoxy groups -OCH3 is 1. The molecule has 5 aromatic rings. The second-order valence-electron chi connectivity index (χ2n) is 8.57. The van der Waals surface area contributed by atoms with E-state index >= 15 is 0 Å². The number of carbonyl (C=O) groups is 1. The van der Waals surface area contributed by atoms with Gasteiger partial charge in [-0.05, 0) is 48.4 Å². The smallest absolute Gasteiger partial charge is 0.228 e. The van der Waals surface area contributed by atoms with Crippen LogP contribution in [0.2, 0.25) is 5.15 Å². The average Bonchev–Trinajstić information content (AvgIpc) is 2.90. The van der Waals surface area contributed by atoms with Crippen molar-refractivity contribution in [3.8, 4) is 28.1 Å². The molecule has 5 rings (SSSR count). The molecule has 184 valence electrons. The quantitative estimate of drug-likeness (QED) is 0.281. The van der Waals surface area contributed by atoms with Gasteiger partial charge in [-0.3, -0.25) is 9.59 Å². The maximum Gasteiger partial charge on any atom is 0.228 e. The SMILES string of the molecule is COc1ccc(CC(=O)Nc2c[nH]c3nc(-c4ccccc4)c(-c4cc(C)nc(Cl)c4)cc3c2=O)cc1. The Morgan fingerprint density at radius 3 is 2.46 bits per heavy atom. The lowest BCUT2D eigenvalue weighted by molar-refractivity contribution is -0.115. The minimum absolute atomic E-state index is 0.118. The van der Waals surface area contributed by atoms with Crippen molar-refractivity contribution in [3.05, 3.63) is 106 Å². The van der Waals surface area contributed by atoms with Crippen LogP contribution in [-0.2, 0) is 11.2 Å². The van der Waals surface area contributed by atoms with E-state index in [1.165, 1.54) is 6.20 Å². The van der Waals surface area contributed by atoms with Crippen LogP contribution in [0.4, 0.5) is 5.69 Å². The molecule has 0 radical (unpaired) electrons. The molecule has 8 heteroatoms. The third-order valence-corrected chi connectivity index (χ3v) is 6.14. The molecule has 3 heterocycles. The van der Waals surface area contributed by atoms with Crippen molar-refractivity contribution in [2.45, 2.75) is 13.3 Å². The fourth-order valence-electron chi connectivity index (χ4n) is 4.18. The molecule has 0 saturated carbocycles. The summed E-state index contributed by atoms with van der Waals surface area (Å²) in [5, 5.41) is 3.43. The number of aromatic nitrogens is 3. The van der Waals surface area contributed by atoms with Crippen LogP contribution in [-0.4, -0.2) is 28.0 Å². The van der Waals surface area contributed by atoms with Gasteiger partial charge in [0.05, 0.1) is 24.6 Å². The molecule has 0 saturated heterocycles. The summed E-state index contributed by atoms with van der Waals surface area (Å²) in [4.78, 5) is 38.3. The van der Waals surface area contributed by atoms with Crippen molar-refractivity contribution in [1.29, 1.82) is 0 Å². The van der Waals surface area contributed by atoms with E-state index in [4.69, 9.17) is 21.3 Å². The van der Waals surface area contributed by atoms with Gasteiger partial charge in [0.2, 0.25) is 11.3 Å². The van der Waals surface area contributed by atoms with E-state index in [2.05, 4.69) is 15.3 Å². The van der Waals surface area contributed by atoms with Crippen molar-refractivity contribution in [2.75, 3.05) is 12.4 Å². The van der Waals surface area contributed by atoms with Crippen molar-refractivity contribution in [2.24, 2.45) is 0 Å². The summed E-state index contributed by atoms with van der Waals surface area (Å²) in [5.41, 5.74) is 4.89. The molecular weight excluding hydrogens is 488 g/mol. The Labute approximate surface area is 218 Å². The van der Waals surface area contributed by atoms with E-state index < -0.39 is 0 Å². The van der Waals surface area contributed by atoms with Crippen LogP contribution >= 0.6 is 11.6 Å². The van der Waals surface area contributed by atoms with Gasteiger partial charge in [0.15, 0.2) is 0 Å². The zero-order chi connectivity index (χ0) is 25.9. The highest BCUT2D eigenvalue weighted by Crippen LogP contribution is 2.33. The van der Waals surface area contributed by atoms with Crippen LogP contribution in [0.1, 0.15) is 11.3 Å². The number of fused-ring (bicyclic) bond motifs is 1. The van der Waals surface area contributed by atoms with Gasteiger partial charge in [-0.25, -0.2) is 9.97 Å². The van der Waals surface area contributed by atoms with Crippen LogP contribution < -0.4 is 15.5 Å². The highest BCUT2D eigenvalue weighted by Gasteiger charge is 2.17. The van der Waals surface area contributed by atoms with Gasteiger partial charge >= 0.3 is 0 Å². The predicted molar refractivity (Wildman–Crippen MR) is 146 cm³/mol. The van der Waals surface area contributed by atoms with Gasteiger partial charge in [0.1, 0.15) is 22.2 Å². The highest BCUT2D eigenvalue weighted by molar-refractivity contribution is 6.29. The lowest BCUT2D eigenvalue weighted by atomic mass is 9.98. The Hall–Kier alpha value is -4.49. The number of benzene rings is 2. The molecule has 0 unspecified atom stereocenters. The molecule has 3 aromatic heterocycles. The van der Waals surface area contributed by atoms with E-state index in [0.717, 1.165) is 27.9 Å².